The fourth-order valence-corrected chi connectivity index (χ4v) is 7.72. The van der Waals surface area contributed by atoms with E-state index < -0.39 is 58.4 Å². The van der Waals surface area contributed by atoms with Gasteiger partial charge in [-0.2, -0.15) is 0 Å². The number of piperidine rings is 1. The molecular formula is C45H50F4N4O5. The van der Waals surface area contributed by atoms with Crippen molar-refractivity contribution in [1.29, 1.82) is 0 Å². The number of ether oxygens (including phenoxy) is 2. The molecule has 0 unspecified atom stereocenters. The number of hydrogen-bond donors (Lipinski definition) is 0. The number of rotatable bonds is 11. The van der Waals surface area contributed by atoms with Crippen LogP contribution in [0.5, 0.6) is 5.75 Å². The third-order valence-electron chi connectivity index (χ3n) is 10.5. The maximum atomic E-state index is 16.3. The number of likely N-dealkylation sites (tertiary alicyclic amines) is 1. The SMILES string of the molecule is CCN(C(=O)c1cc2c(cc1F)OC(C)(C)C(=O)N2CCN(Cc1ccccc1)Cc1ccccc1)[C@H]1CN(C(=O)OC(C)(C)C)CC[C@@H]1c1cc(F)c(F)cc1F. The molecule has 0 spiro atoms. The van der Waals surface area contributed by atoms with Crippen molar-refractivity contribution in [3.05, 3.63) is 130 Å². The second-order valence-electron chi connectivity index (χ2n) is 16.3. The van der Waals surface area contributed by atoms with Crippen molar-refractivity contribution >= 4 is 23.6 Å². The zero-order chi connectivity index (χ0) is 41.9. The molecule has 0 saturated carbocycles. The normalized spacial score (nSPS) is 17.8. The molecule has 6 rings (SSSR count). The Balaban J connectivity index is 1.34. The Morgan fingerprint density at radius 3 is 2.05 bits per heavy atom. The molecule has 2 aliphatic rings. The van der Waals surface area contributed by atoms with Gasteiger partial charge in [0.1, 0.15) is 23.0 Å². The first-order valence-corrected chi connectivity index (χ1v) is 19.5. The van der Waals surface area contributed by atoms with E-state index in [4.69, 9.17) is 9.47 Å². The summed E-state index contributed by atoms with van der Waals surface area (Å²) in [5.74, 6) is -6.57. The minimum absolute atomic E-state index is 0.0237. The highest BCUT2D eigenvalue weighted by molar-refractivity contribution is 6.04. The molecule has 1 fully saturated rings. The molecule has 9 nitrogen and oxygen atoms in total. The number of benzene rings is 4. The Morgan fingerprint density at radius 2 is 1.47 bits per heavy atom. The van der Waals surface area contributed by atoms with Crippen molar-refractivity contribution in [2.45, 2.75) is 84.2 Å². The summed E-state index contributed by atoms with van der Waals surface area (Å²) in [6, 6.07) is 22.5. The maximum absolute atomic E-state index is 16.3. The van der Waals surface area contributed by atoms with E-state index in [0.29, 0.717) is 25.7 Å². The first kappa shape index (κ1) is 42.2. The van der Waals surface area contributed by atoms with Crippen LogP contribution in [0.4, 0.5) is 28.0 Å². The second kappa shape index (κ2) is 17.2. The van der Waals surface area contributed by atoms with Crippen molar-refractivity contribution < 1.29 is 41.4 Å². The number of carbonyl (C=O) groups excluding carboxylic acids is 3. The summed E-state index contributed by atoms with van der Waals surface area (Å²) in [6.45, 7) is 11.6. The van der Waals surface area contributed by atoms with Crippen LogP contribution in [0.25, 0.3) is 0 Å². The molecule has 1 saturated heterocycles. The number of anilines is 1. The Morgan fingerprint density at radius 1 is 0.862 bits per heavy atom. The van der Waals surface area contributed by atoms with Crippen LogP contribution in [0, 0.1) is 23.3 Å². The highest BCUT2D eigenvalue weighted by Crippen LogP contribution is 2.41. The molecule has 58 heavy (non-hydrogen) atoms. The average molecular weight is 803 g/mol. The van der Waals surface area contributed by atoms with Gasteiger partial charge >= 0.3 is 6.09 Å². The molecule has 0 bridgehead atoms. The lowest BCUT2D eigenvalue weighted by atomic mass is 9.83. The van der Waals surface area contributed by atoms with Crippen molar-refractivity contribution in [2.24, 2.45) is 0 Å². The van der Waals surface area contributed by atoms with Gasteiger partial charge in [0.2, 0.25) is 0 Å². The molecule has 0 radical (unpaired) electrons. The first-order valence-electron chi connectivity index (χ1n) is 19.5. The van der Waals surface area contributed by atoms with Crippen molar-refractivity contribution in [3.8, 4) is 5.75 Å². The third-order valence-corrected chi connectivity index (χ3v) is 10.5. The topological polar surface area (TPSA) is 82.6 Å². The van der Waals surface area contributed by atoms with Gasteiger partial charge in [-0.05, 0) is 76.8 Å². The smallest absolute Gasteiger partial charge is 0.410 e. The number of amides is 3. The summed E-state index contributed by atoms with van der Waals surface area (Å²) in [7, 11) is 0. The Hall–Kier alpha value is -5.43. The summed E-state index contributed by atoms with van der Waals surface area (Å²) in [5, 5.41) is 0. The van der Waals surface area contributed by atoms with E-state index in [1.165, 1.54) is 20.8 Å². The van der Waals surface area contributed by atoms with Gasteiger partial charge in [0.25, 0.3) is 11.8 Å². The van der Waals surface area contributed by atoms with E-state index in [1.807, 2.05) is 60.7 Å². The largest absolute Gasteiger partial charge is 0.476 e. The lowest BCUT2D eigenvalue weighted by Crippen LogP contribution is -2.56. The molecule has 0 N–H and O–H groups in total. The standard InChI is InChI=1S/C45H50F4N4O5/c1-7-52(39-28-51(43(56)58-44(2,3)4)19-18-31(39)32-22-36(48)37(49)24-34(32)46)41(54)33-23-38-40(25-35(33)47)57-45(5,6)42(55)53(38)21-20-50(26-29-14-10-8-11-15-29)27-30-16-12-9-13-17-30/h8-17,22-25,31,39H,7,18-21,26-28H2,1-6H3/t31-,39+/m1/s1. The number of fused-ring (bicyclic) bond motifs is 1. The van der Waals surface area contributed by atoms with Gasteiger partial charge in [0, 0.05) is 63.9 Å². The van der Waals surface area contributed by atoms with Crippen LogP contribution in [-0.2, 0) is 22.6 Å². The van der Waals surface area contributed by atoms with Gasteiger partial charge in [0.05, 0.1) is 17.3 Å². The van der Waals surface area contributed by atoms with Gasteiger partial charge in [0.15, 0.2) is 17.2 Å². The van der Waals surface area contributed by atoms with Crippen LogP contribution in [0.2, 0.25) is 0 Å². The molecule has 2 heterocycles. The second-order valence-corrected chi connectivity index (χ2v) is 16.3. The Bertz CT molecular complexity index is 2090. The van der Waals surface area contributed by atoms with Crippen LogP contribution >= 0.6 is 0 Å². The number of nitrogens with zero attached hydrogens (tertiary/aromatic N) is 4. The van der Waals surface area contributed by atoms with Crippen LogP contribution in [0.15, 0.2) is 84.9 Å². The lowest BCUT2D eigenvalue weighted by Gasteiger charge is -2.44. The number of hydrogen-bond acceptors (Lipinski definition) is 6. The minimum atomic E-state index is -1.36. The third kappa shape index (κ3) is 9.47. The van der Waals surface area contributed by atoms with E-state index in [0.717, 1.165) is 23.3 Å². The maximum Gasteiger partial charge on any atom is 0.410 e. The van der Waals surface area contributed by atoms with Gasteiger partial charge in [-0.1, -0.05) is 60.7 Å². The van der Waals surface area contributed by atoms with E-state index in [-0.39, 0.29) is 61.1 Å². The lowest BCUT2D eigenvalue weighted by molar-refractivity contribution is -0.132. The van der Waals surface area contributed by atoms with Crippen LogP contribution in [0.3, 0.4) is 0 Å². The van der Waals surface area contributed by atoms with Gasteiger partial charge in [-0.25, -0.2) is 22.4 Å². The molecule has 4 aromatic rings. The quantitative estimate of drug-likeness (QED) is 0.112. The summed E-state index contributed by atoms with van der Waals surface area (Å²) in [5.41, 5.74) is -0.389. The zero-order valence-corrected chi connectivity index (χ0v) is 33.7. The van der Waals surface area contributed by atoms with Gasteiger partial charge in [-0.15, -0.1) is 0 Å². The molecule has 0 aliphatic carbocycles. The number of carbonyl (C=O) groups is 3. The summed E-state index contributed by atoms with van der Waals surface area (Å²) in [4.78, 5) is 48.4. The van der Waals surface area contributed by atoms with Crippen molar-refractivity contribution in [1.82, 2.24) is 14.7 Å². The molecule has 2 aliphatic heterocycles. The van der Waals surface area contributed by atoms with Gasteiger partial charge in [-0.3, -0.25) is 14.5 Å². The minimum Gasteiger partial charge on any atom is -0.476 e. The first-order chi connectivity index (χ1) is 27.5. The molecule has 2 atom stereocenters. The van der Waals surface area contributed by atoms with E-state index in [2.05, 4.69) is 4.90 Å². The molecule has 4 aromatic carbocycles. The van der Waals surface area contributed by atoms with Crippen LogP contribution in [-0.4, -0.2) is 82.6 Å². The molecule has 308 valence electrons. The van der Waals surface area contributed by atoms with Crippen LogP contribution in [0.1, 0.15) is 80.9 Å². The zero-order valence-electron chi connectivity index (χ0n) is 33.7. The van der Waals surface area contributed by atoms with Gasteiger partial charge < -0.3 is 24.2 Å². The molecule has 13 heteroatoms. The van der Waals surface area contributed by atoms with E-state index >= 15 is 8.78 Å². The summed E-state index contributed by atoms with van der Waals surface area (Å²) < 4.78 is 72.0. The predicted octanol–water partition coefficient (Wildman–Crippen LogP) is 8.70. The highest BCUT2D eigenvalue weighted by atomic mass is 19.2. The molecular weight excluding hydrogens is 753 g/mol. The molecule has 0 aromatic heterocycles. The summed E-state index contributed by atoms with van der Waals surface area (Å²) >= 11 is 0. The summed E-state index contributed by atoms with van der Waals surface area (Å²) in [6.07, 6.45) is -0.608. The van der Waals surface area contributed by atoms with E-state index in [1.54, 1.807) is 41.5 Å². The van der Waals surface area contributed by atoms with Crippen molar-refractivity contribution in [3.63, 3.8) is 0 Å². The molecule has 3 amide bonds. The fourth-order valence-electron chi connectivity index (χ4n) is 7.72. The fraction of sp³-hybridized carbons (Fsp3) is 0.400. The highest BCUT2D eigenvalue weighted by Gasteiger charge is 2.44. The number of halogens is 4. The van der Waals surface area contributed by atoms with Crippen LogP contribution < -0.4 is 9.64 Å². The van der Waals surface area contributed by atoms with Crippen molar-refractivity contribution in [2.75, 3.05) is 37.6 Å². The predicted molar refractivity (Wildman–Crippen MR) is 212 cm³/mol. The van der Waals surface area contributed by atoms with E-state index in [9.17, 15) is 23.2 Å². The number of likely N-dealkylation sites (N-methyl/N-ethyl adjacent to an activating group) is 1. The monoisotopic (exact) mass is 802 g/mol. The Kier molecular flexibility index (Phi) is 12.5. The Labute approximate surface area is 337 Å². The average Bonchev–Trinajstić information content (AvgIpc) is 3.16.